The van der Waals surface area contributed by atoms with Gasteiger partial charge in [-0.05, 0) is 69.2 Å². The fourth-order valence-corrected chi connectivity index (χ4v) is 3.99. The molecule has 2 aromatic carbocycles. The molecule has 0 bridgehead atoms. The second-order valence-electron chi connectivity index (χ2n) is 8.86. The number of hydrogen-bond donors (Lipinski definition) is 1. The number of carbonyl (C=O) groups excluding carboxylic acids is 2. The molecule has 1 aliphatic carbocycles. The zero-order valence-electron chi connectivity index (χ0n) is 19.9. The number of allylic oxidation sites excluding steroid dienone is 4. The van der Waals surface area contributed by atoms with E-state index >= 15 is 0 Å². The smallest absolute Gasteiger partial charge is 0.263 e. The van der Waals surface area contributed by atoms with Crippen molar-refractivity contribution in [2.75, 3.05) is 7.11 Å². The lowest BCUT2D eigenvalue weighted by molar-refractivity contribution is -0.135. The minimum absolute atomic E-state index is 0.0812. The van der Waals surface area contributed by atoms with Crippen LogP contribution in [0.3, 0.4) is 0 Å². The fraction of sp³-hybridized carbons (Fsp3) is 0.321. The Hall–Kier alpha value is -3.63. The third kappa shape index (κ3) is 6.24. The number of rotatable bonds is 9. The van der Waals surface area contributed by atoms with E-state index in [9.17, 15) is 14.0 Å². The predicted molar refractivity (Wildman–Crippen MR) is 129 cm³/mol. The number of halogens is 1. The van der Waals surface area contributed by atoms with Crippen molar-refractivity contribution in [1.82, 2.24) is 5.32 Å². The van der Waals surface area contributed by atoms with E-state index in [-0.39, 0.29) is 29.6 Å². The maximum atomic E-state index is 13.2. The minimum Gasteiger partial charge on any atom is -0.497 e. The van der Waals surface area contributed by atoms with E-state index in [2.05, 4.69) is 5.32 Å². The lowest BCUT2D eigenvalue weighted by Crippen LogP contribution is -2.50. The highest BCUT2D eigenvalue weighted by Gasteiger charge is 2.34. The van der Waals surface area contributed by atoms with Crippen LogP contribution in [0.25, 0.3) is 0 Å². The number of benzene rings is 2. The number of hydrogen-bond acceptors (Lipinski definition) is 4. The average Bonchev–Trinajstić information content (AvgIpc) is 2.84. The van der Waals surface area contributed by atoms with Crippen molar-refractivity contribution in [3.63, 3.8) is 0 Å². The largest absolute Gasteiger partial charge is 0.497 e. The molecule has 5 nitrogen and oxygen atoms in total. The van der Waals surface area contributed by atoms with Crippen LogP contribution in [0.1, 0.15) is 38.7 Å². The lowest BCUT2D eigenvalue weighted by Gasteiger charge is -2.32. The molecule has 1 aliphatic rings. The molecule has 0 aliphatic heterocycles. The number of carbonyl (C=O) groups is 1. The van der Waals surface area contributed by atoms with Gasteiger partial charge in [-0.25, -0.2) is 9.18 Å². The van der Waals surface area contributed by atoms with Crippen LogP contribution in [0.5, 0.6) is 5.75 Å². The molecule has 34 heavy (non-hydrogen) atoms. The highest BCUT2D eigenvalue weighted by molar-refractivity contribution is 5.85. The minimum atomic E-state index is -1.18. The van der Waals surface area contributed by atoms with E-state index in [1.165, 1.54) is 24.3 Å². The van der Waals surface area contributed by atoms with Crippen LogP contribution in [-0.4, -0.2) is 30.6 Å². The quantitative estimate of drug-likeness (QED) is 0.523. The Kier molecular flexibility index (Phi) is 8.08. The van der Waals surface area contributed by atoms with E-state index in [0.717, 1.165) is 5.56 Å². The van der Waals surface area contributed by atoms with Gasteiger partial charge in [-0.1, -0.05) is 36.4 Å². The summed E-state index contributed by atoms with van der Waals surface area (Å²) in [6.07, 6.45) is 6.07. The molecule has 0 radical (unpaired) electrons. The molecule has 0 saturated carbocycles. The van der Waals surface area contributed by atoms with Crippen molar-refractivity contribution in [2.45, 2.75) is 44.8 Å². The van der Waals surface area contributed by atoms with Gasteiger partial charge in [0.15, 0.2) is 5.60 Å². The third-order valence-corrected chi connectivity index (χ3v) is 5.97. The van der Waals surface area contributed by atoms with Gasteiger partial charge in [0.25, 0.3) is 5.91 Å². The molecule has 3 rings (SSSR count). The highest BCUT2D eigenvalue weighted by Crippen LogP contribution is 2.34. The van der Waals surface area contributed by atoms with Crippen LogP contribution in [0.4, 0.5) is 4.39 Å². The van der Waals surface area contributed by atoms with E-state index in [1.807, 2.05) is 55.3 Å². The summed E-state index contributed by atoms with van der Waals surface area (Å²) in [6.45, 7) is 5.28. The molecule has 0 fully saturated rings. The van der Waals surface area contributed by atoms with Crippen molar-refractivity contribution in [2.24, 2.45) is 5.92 Å². The van der Waals surface area contributed by atoms with Crippen molar-refractivity contribution in [3.8, 4) is 5.75 Å². The highest BCUT2D eigenvalue weighted by atomic mass is 19.1. The van der Waals surface area contributed by atoms with Gasteiger partial charge < -0.3 is 14.8 Å². The summed E-state index contributed by atoms with van der Waals surface area (Å²) in [5, 5.41) is 3.08. The summed E-state index contributed by atoms with van der Waals surface area (Å²) >= 11 is 0. The van der Waals surface area contributed by atoms with Crippen LogP contribution in [0.15, 0.2) is 84.2 Å². The standard InChI is InChI=1S/C28H30FNO4/c1-19(30-27(32)28(2,3)34-24-14-11-23(29)12-15-24)26(20-8-6-5-7-9-20)17-21-10-13-25(33-4)16-22(21)18-31/h5-16,19,21,26H,17H2,1-4H3,(H,30,32). The van der Waals surface area contributed by atoms with Crippen molar-refractivity contribution >= 4 is 11.8 Å². The second-order valence-corrected chi connectivity index (χ2v) is 8.86. The van der Waals surface area contributed by atoms with Gasteiger partial charge in [-0.3, -0.25) is 4.79 Å². The van der Waals surface area contributed by atoms with Crippen molar-refractivity contribution in [3.05, 3.63) is 95.5 Å². The van der Waals surface area contributed by atoms with E-state index in [1.54, 1.807) is 27.0 Å². The molecule has 3 atom stereocenters. The zero-order valence-corrected chi connectivity index (χ0v) is 19.9. The van der Waals surface area contributed by atoms with Gasteiger partial charge in [-0.2, -0.15) is 0 Å². The molecule has 0 aromatic heterocycles. The van der Waals surface area contributed by atoms with Gasteiger partial charge in [0.05, 0.1) is 7.11 Å². The molecule has 0 heterocycles. The van der Waals surface area contributed by atoms with Gasteiger partial charge in [-0.15, -0.1) is 0 Å². The first-order valence-electron chi connectivity index (χ1n) is 11.2. The number of amides is 1. The maximum absolute atomic E-state index is 13.2. The summed E-state index contributed by atoms with van der Waals surface area (Å²) in [4.78, 5) is 24.8. The second kappa shape index (κ2) is 11.0. The monoisotopic (exact) mass is 463 g/mol. The summed E-state index contributed by atoms with van der Waals surface area (Å²) < 4.78 is 24.3. The lowest BCUT2D eigenvalue weighted by atomic mass is 9.80. The van der Waals surface area contributed by atoms with Crippen molar-refractivity contribution < 1.29 is 23.5 Å². The Morgan fingerprint density at radius 3 is 2.44 bits per heavy atom. The Labute approximate surface area is 200 Å². The Morgan fingerprint density at radius 2 is 1.82 bits per heavy atom. The molecule has 2 aromatic rings. The molecule has 0 saturated heterocycles. The average molecular weight is 464 g/mol. The Bertz CT molecular complexity index is 1100. The van der Waals surface area contributed by atoms with Gasteiger partial charge in [0.1, 0.15) is 23.3 Å². The van der Waals surface area contributed by atoms with E-state index in [4.69, 9.17) is 9.47 Å². The molecule has 6 heteroatoms. The molecule has 1 N–H and O–H groups in total. The van der Waals surface area contributed by atoms with E-state index < -0.39 is 5.60 Å². The number of ether oxygens (including phenoxy) is 2. The topological polar surface area (TPSA) is 64.6 Å². The third-order valence-electron chi connectivity index (χ3n) is 5.97. The zero-order chi connectivity index (χ0) is 24.7. The first-order valence-corrected chi connectivity index (χ1v) is 11.2. The first kappa shape index (κ1) is 25.0. The van der Waals surface area contributed by atoms with Crippen molar-refractivity contribution in [1.29, 1.82) is 0 Å². The first-order chi connectivity index (χ1) is 16.2. The molecule has 0 spiro atoms. The molecule has 3 unspecified atom stereocenters. The fourth-order valence-electron chi connectivity index (χ4n) is 3.99. The summed E-state index contributed by atoms with van der Waals surface area (Å²) in [5.74, 6) is 2.13. The maximum Gasteiger partial charge on any atom is 0.263 e. The molecular formula is C28H30FNO4. The van der Waals surface area contributed by atoms with Crippen LogP contribution >= 0.6 is 0 Å². The number of nitrogens with one attached hydrogen (secondary N) is 1. The normalized spacial score (nSPS) is 17.3. The Balaban J connectivity index is 1.78. The summed E-state index contributed by atoms with van der Waals surface area (Å²) in [5.41, 5.74) is 0.383. The molecular weight excluding hydrogens is 433 g/mol. The predicted octanol–water partition coefficient (Wildman–Crippen LogP) is 5.14. The molecule has 1 amide bonds. The van der Waals surface area contributed by atoms with Crippen LogP contribution in [-0.2, 0) is 14.3 Å². The van der Waals surface area contributed by atoms with Crippen LogP contribution in [0, 0.1) is 11.7 Å². The van der Waals surface area contributed by atoms with Crippen LogP contribution < -0.4 is 10.1 Å². The van der Waals surface area contributed by atoms with Crippen LogP contribution in [0.2, 0.25) is 0 Å². The molecule has 178 valence electrons. The van der Waals surface area contributed by atoms with Gasteiger partial charge >= 0.3 is 0 Å². The van der Waals surface area contributed by atoms with E-state index in [0.29, 0.717) is 23.5 Å². The number of methoxy groups -OCH3 is 1. The van der Waals surface area contributed by atoms with Gasteiger partial charge in [0.2, 0.25) is 0 Å². The Morgan fingerprint density at radius 1 is 1.15 bits per heavy atom. The van der Waals surface area contributed by atoms with Gasteiger partial charge in [0, 0.05) is 23.5 Å². The SMILES string of the molecule is COC1=CC(=C=O)C(CC(c2ccccc2)C(C)NC(=O)C(C)(C)Oc2ccc(F)cc2)C=C1. The summed E-state index contributed by atoms with van der Waals surface area (Å²) in [7, 11) is 1.55. The summed E-state index contributed by atoms with van der Waals surface area (Å²) in [6, 6.07) is 15.2.